The average molecular weight is 240 g/mol. The summed E-state index contributed by atoms with van der Waals surface area (Å²) in [5.74, 6) is 0. The molecule has 0 aromatic heterocycles. The van der Waals surface area contributed by atoms with Crippen LogP contribution in [0.4, 0.5) is 0 Å². The van der Waals surface area contributed by atoms with Crippen LogP contribution in [0.15, 0.2) is 24.3 Å². The molecule has 1 aliphatic heterocycles. The van der Waals surface area contributed by atoms with Crippen molar-refractivity contribution in [1.29, 1.82) is 0 Å². The number of rotatable bonds is 4. The summed E-state index contributed by atoms with van der Waals surface area (Å²) < 4.78 is 5.69. The van der Waals surface area contributed by atoms with Gasteiger partial charge in [-0.1, -0.05) is 30.2 Å². The molecule has 1 aromatic carbocycles. The van der Waals surface area contributed by atoms with E-state index in [4.69, 9.17) is 16.3 Å². The first-order valence-electron chi connectivity index (χ1n) is 5.90. The first kappa shape index (κ1) is 11.9. The van der Waals surface area contributed by atoms with Crippen LogP contribution < -0.4 is 5.32 Å². The maximum Gasteiger partial charge on any atom is 0.0718 e. The Morgan fingerprint density at radius 2 is 2.31 bits per heavy atom. The molecule has 1 aliphatic rings. The number of hydrogen-bond acceptors (Lipinski definition) is 2. The summed E-state index contributed by atoms with van der Waals surface area (Å²) in [5, 5.41) is 4.24. The largest absolute Gasteiger partial charge is 0.375 e. The van der Waals surface area contributed by atoms with Crippen LogP contribution in [0.5, 0.6) is 0 Å². The molecule has 0 radical (unpaired) electrons. The van der Waals surface area contributed by atoms with E-state index in [-0.39, 0.29) is 0 Å². The van der Waals surface area contributed by atoms with Crippen molar-refractivity contribution in [2.24, 2.45) is 0 Å². The van der Waals surface area contributed by atoms with E-state index in [1.165, 1.54) is 19.3 Å². The van der Waals surface area contributed by atoms with Crippen LogP contribution in [0.1, 0.15) is 24.8 Å². The van der Waals surface area contributed by atoms with Gasteiger partial charge in [-0.15, -0.1) is 0 Å². The summed E-state index contributed by atoms with van der Waals surface area (Å²) in [7, 11) is 0. The second kappa shape index (κ2) is 6.24. The lowest BCUT2D eigenvalue weighted by Crippen LogP contribution is -2.37. The summed E-state index contributed by atoms with van der Waals surface area (Å²) in [6, 6.07) is 8.37. The fourth-order valence-corrected chi connectivity index (χ4v) is 2.22. The molecule has 16 heavy (non-hydrogen) atoms. The molecule has 0 bridgehead atoms. The van der Waals surface area contributed by atoms with E-state index in [1.807, 2.05) is 24.3 Å². The zero-order valence-corrected chi connectivity index (χ0v) is 10.2. The molecule has 1 heterocycles. The van der Waals surface area contributed by atoms with E-state index in [0.717, 1.165) is 23.7 Å². The molecule has 0 aliphatic carbocycles. The molecule has 3 heteroatoms. The van der Waals surface area contributed by atoms with Gasteiger partial charge in [0.05, 0.1) is 13.2 Å². The number of nitrogens with one attached hydrogen (secondary N) is 1. The Morgan fingerprint density at radius 1 is 1.38 bits per heavy atom. The zero-order chi connectivity index (χ0) is 11.2. The predicted molar refractivity (Wildman–Crippen MR) is 66.7 cm³/mol. The van der Waals surface area contributed by atoms with Crippen molar-refractivity contribution in [3.05, 3.63) is 34.9 Å². The number of ether oxygens (including phenoxy) is 1. The molecule has 1 aromatic rings. The SMILES string of the molecule is Clc1cccc(COCC2CCCCN2)c1. The number of piperidine rings is 1. The molecule has 0 spiro atoms. The highest BCUT2D eigenvalue weighted by molar-refractivity contribution is 6.30. The van der Waals surface area contributed by atoms with Crippen molar-refractivity contribution in [2.45, 2.75) is 31.9 Å². The Hall–Kier alpha value is -0.570. The predicted octanol–water partition coefficient (Wildman–Crippen LogP) is 3.00. The Balaban J connectivity index is 1.71. The standard InChI is InChI=1S/C13H18ClNO/c14-12-5-3-4-11(8-12)9-16-10-13-6-1-2-7-15-13/h3-5,8,13,15H,1-2,6-7,9-10H2. The van der Waals surface area contributed by atoms with Crippen molar-refractivity contribution in [3.8, 4) is 0 Å². The smallest absolute Gasteiger partial charge is 0.0718 e. The lowest BCUT2D eigenvalue weighted by Gasteiger charge is -2.23. The van der Waals surface area contributed by atoms with E-state index in [0.29, 0.717) is 12.6 Å². The fraction of sp³-hybridized carbons (Fsp3) is 0.538. The topological polar surface area (TPSA) is 21.3 Å². The van der Waals surface area contributed by atoms with Gasteiger partial charge >= 0.3 is 0 Å². The second-order valence-electron chi connectivity index (χ2n) is 4.29. The molecular weight excluding hydrogens is 222 g/mol. The average Bonchev–Trinajstić information content (AvgIpc) is 2.30. The minimum absolute atomic E-state index is 0.535. The van der Waals surface area contributed by atoms with Gasteiger partial charge in [-0.3, -0.25) is 0 Å². The second-order valence-corrected chi connectivity index (χ2v) is 4.73. The Morgan fingerprint density at radius 3 is 3.06 bits per heavy atom. The normalized spacial score (nSPS) is 20.9. The van der Waals surface area contributed by atoms with Crippen molar-refractivity contribution in [1.82, 2.24) is 5.32 Å². The van der Waals surface area contributed by atoms with Gasteiger partial charge in [-0.25, -0.2) is 0 Å². The lowest BCUT2D eigenvalue weighted by molar-refractivity contribution is 0.0911. The van der Waals surface area contributed by atoms with E-state index in [9.17, 15) is 0 Å². The van der Waals surface area contributed by atoms with Gasteiger partial charge < -0.3 is 10.1 Å². The van der Waals surface area contributed by atoms with Crippen molar-refractivity contribution in [2.75, 3.05) is 13.2 Å². The van der Waals surface area contributed by atoms with Gasteiger partial charge in [0.15, 0.2) is 0 Å². The monoisotopic (exact) mass is 239 g/mol. The Bertz CT molecular complexity index is 323. The molecular formula is C13H18ClNO. The van der Waals surface area contributed by atoms with Gasteiger partial charge in [-0.2, -0.15) is 0 Å². The van der Waals surface area contributed by atoms with Crippen LogP contribution in [-0.2, 0) is 11.3 Å². The highest BCUT2D eigenvalue weighted by Crippen LogP contribution is 2.12. The molecule has 2 rings (SSSR count). The van der Waals surface area contributed by atoms with E-state index < -0.39 is 0 Å². The van der Waals surface area contributed by atoms with Gasteiger partial charge in [0.1, 0.15) is 0 Å². The first-order chi connectivity index (χ1) is 7.84. The third-order valence-corrected chi connectivity index (χ3v) is 3.12. The zero-order valence-electron chi connectivity index (χ0n) is 9.42. The highest BCUT2D eigenvalue weighted by Gasteiger charge is 2.11. The van der Waals surface area contributed by atoms with Gasteiger partial charge in [0.2, 0.25) is 0 Å². The van der Waals surface area contributed by atoms with Crippen LogP contribution >= 0.6 is 11.6 Å². The number of benzene rings is 1. The highest BCUT2D eigenvalue weighted by atomic mass is 35.5. The number of hydrogen-bond donors (Lipinski definition) is 1. The van der Waals surface area contributed by atoms with Gasteiger partial charge in [-0.05, 0) is 37.1 Å². The molecule has 1 unspecified atom stereocenters. The third-order valence-electron chi connectivity index (χ3n) is 2.89. The minimum Gasteiger partial charge on any atom is -0.375 e. The van der Waals surface area contributed by atoms with Crippen molar-refractivity contribution in [3.63, 3.8) is 0 Å². The summed E-state index contributed by atoms with van der Waals surface area (Å²) in [6.45, 7) is 2.58. The number of halogens is 1. The van der Waals surface area contributed by atoms with Crippen LogP contribution in [-0.4, -0.2) is 19.2 Å². The van der Waals surface area contributed by atoms with Crippen LogP contribution in [0, 0.1) is 0 Å². The summed E-state index contributed by atoms with van der Waals surface area (Å²) in [4.78, 5) is 0. The van der Waals surface area contributed by atoms with E-state index in [2.05, 4.69) is 5.32 Å². The summed E-state index contributed by atoms with van der Waals surface area (Å²) >= 11 is 5.90. The Kier molecular flexibility index (Phi) is 4.64. The maximum absolute atomic E-state index is 5.90. The molecule has 88 valence electrons. The molecule has 1 atom stereocenters. The molecule has 1 fully saturated rings. The molecule has 1 N–H and O–H groups in total. The Labute approximate surface area is 102 Å². The van der Waals surface area contributed by atoms with Crippen LogP contribution in [0.25, 0.3) is 0 Å². The summed E-state index contributed by atoms with van der Waals surface area (Å²) in [5.41, 5.74) is 1.14. The molecule has 0 saturated carbocycles. The maximum atomic E-state index is 5.90. The van der Waals surface area contributed by atoms with Crippen molar-refractivity contribution < 1.29 is 4.74 Å². The summed E-state index contributed by atoms with van der Waals surface area (Å²) in [6.07, 6.45) is 3.85. The van der Waals surface area contributed by atoms with Crippen LogP contribution in [0.3, 0.4) is 0 Å². The minimum atomic E-state index is 0.535. The molecule has 2 nitrogen and oxygen atoms in total. The van der Waals surface area contributed by atoms with E-state index in [1.54, 1.807) is 0 Å². The van der Waals surface area contributed by atoms with Gasteiger partial charge in [0.25, 0.3) is 0 Å². The third kappa shape index (κ3) is 3.78. The quantitative estimate of drug-likeness (QED) is 0.872. The first-order valence-corrected chi connectivity index (χ1v) is 6.28. The van der Waals surface area contributed by atoms with Crippen LogP contribution in [0.2, 0.25) is 5.02 Å². The lowest BCUT2D eigenvalue weighted by atomic mass is 10.1. The fourth-order valence-electron chi connectivity index (χ4n) is 2.01. The molecule has 1 saturated heterocycles. The van der Waals surface area contributed by atoms with Gasteiger partial charge in [0, 0.05) is 11.1 Å². The van der Waals surface area contributed by atoms with Crippen molar-refractivity contribution >= 4 is 11.6 Å². The molecule has 0 amide bonds. The van der Waals surface area contributed by atoms with E-state index >= 15 is 0 Å².